The Morgan fingerprint density at radius 3 is 2.14 bits per heavy atom. The summed E-state index contributed by atoms with van der Waals surface area (Å²) in [6, 6.07) is 8.40. The highest BCUT2D eigenvalue weighted by molar-refractivity contribution is 9.09. The molecule has 1 nitrogen and oxygen atoms in total. The van der Waals surface area contributed by atoms with Gasteiger partial charge in [0.05, 0.1) is 0 Å². The molecule has 0 N–H and O–H groups in total. The van der Waals surface area contributed by atoms with E-state index in [2.05, 4.69) is 59.8 Å². The maximum atomic E-state index is 5.86. The van der Waals surface area contributed by atoms with Crippen LogP contribution in [0.25, 0.3) is 0 Å². The van der Waals surface area contributed by atoms with Crippen molar-refractivity contribution in [1.29, 1.82) is 0 Å². The summed E-state index contributed by atoms with van der Waals surface area (Å²) in [7, 11) is -1.44. The van der Waals surface area contributed by atoms with Crippen molar-refractivity contribution in [1.82, 2.24) is 0 Å². The second kappa shape index (κ2) is 4.98. The summed E-state index contributed by atoms with van der Waals surface area (Å²) in [4.78, 5) is 0. The summed E-state index contributed by atoms with van der Waals surface area (Å²) in [6.45, 7) is 6.58. The van der Waals surface area contributed by atoms with Gasteiger partial charge in [-0.2, -0.15) is 0 Å². The van der Waals surface area contributed by atoms with Gasteiger partial charge < -0.3 is 4.43 Å². The minimum absolute atomic E-state index is 1.00. The molecule has 0 atom stereocenters. The molecule has 0 aliphatic rings. The van der Waals surface area contributed by atoms with Gasteiger partial charge in [-0.3, -0.25) is 0 Å². The van der Waals surface area contributed by atoms with E-state index < -0.39 is 8.32 Å². The smallest absolute Gasteiger partial charge is 0.242 e. The van der Waals surface area contributed by atoms with E-state index >= 15 is 0 Å². The molecule has 0 heterocycles. The number of aryl methyl sites for hydroxylation is 1. The highest BCUT2D eigenvalue weighted by atomic mass is 79.9. The van der Waals surface area contributed by atoms with Gasteiger partial charge in [0.2, 0.25) is 8.32 Å². The molecule has 0 bridgehead atoms. The molecule has 0 saturated heterocycles. The number of alkyl halides is 1. The monoisotopic (exact) mass is 272 g/mol. The molecular formula is C11H17BrOSi. The van der Waals surface area contributed by atoms with Crippen LogP contribution in [-0.4, -0.2) is 13.6 Å². The average molecular weight is 273 g/mol. The summed E-state index contributed by atoms with van der Waals surface area (Å²) in [5, 5.41) is 1.02. The number of rotatable bonds is 4. The molecule has 1 aromatic carbocycles. The first kappa shape index (κ1) is 11.8. The van der Waals surface area contributed by atoms with Crippen molar-refractivity contribution >= 4 is 24.2 Å². The van der Waals surface area contributed by atoms with Gasteiger partial charge in [0.1, 0.15) is 5.75 Å². The predicted molar refractivity (Wildman–Crippen MR) is 67.9 cm³/mol. The van der Waals surface area contributed by atoms with Crippen LogP contribution in [0.4, 0.5) is 0 Å². The van der Waals surface area contributed by atoms with E-state index in [-0.39, 0.29) is 0 Å². The van der Waals surface area contributed by atoms with Crippen LogP contribution in [0.2, 0.25) is 19.6 Å². The first-order valence-corrected chi connectivity index (χ1v) is 9.38. The van der Waals surface area contributed by atoms with E-state index in [4.69, 9.17) is 4.43 Å². The molecule has 0 aliphatic carbocycles. The third kappa shape index (κ3) is 4.29. The molecule has 1 rings (SSSR count). The second-order valence-corrected chi connectivity index (χ2v) is 9.52. The van der Waals surface area contributed by atoms with Crippen LogP contribution in [0.15, 0.2) is 24.3 Å². The second-order valence-electron chi connectivity index (χ2n) is 4.30. The fourth-order valence-corrected chi connectivity index (χ4v) is 2.49. The lowest BCUT2D eigenvalue weighted by molar-refractivity contribution is 0.557. The van der Waals surface area contributed by atoms with Crippen molar-refractivity contribution < 1.29 is 4.43 Å². The molecular weight excluding hydrogens is 256 g/mol. The Bertz CT molecular complexity index is 276. The van der Waals surface area contributed by atoms with Gasteiger partial charge in [0.25, 0.3) is 0 Å². The van der Waals surface area contributed by atoms with Crippen molar-refractivity contribution in [3.05, 3.63) is 29.8 Å². The topological polar surface area (TPSA) is 9.23 Å². The molecule has 1 aromatic rings. The Morgan fingerprint density at radius 1 is 1.14 bits per heavy atom. The van der Waals surface area contributed by atoms with Crippen LogP contribution in [0, 0.1) is 0 Å². The molecule has 0 amide bonds. The Kier molecular flexibility index (Phi) is 4.20. The van der Waals surface area contributed by atoms with Gasteiger partial charge in [0.15, 0.2) is 0 Å². The number of halogens is 1. The van der Waals surface area contributed by atoms with E-state index in [0.29, 0.717) is 0 Å². The normalized spacial score (nSPS) is 11.4. The highest BCUT2D eigenvalue weighted by Gasteiger charge is 2.15. The van der Waals surface area contributed by atoms with Crippen LogP contribution in [0.5, 0.6) is 5.75 Å². The summed E-state index contributed by atoms with van der Waals surface area (Å²) in [6.07, 6.45) is 1.08. The number of hydrogen-bond acceptors (Lipinski definition) is 1. The molecule has 14 heavy (non-hydrogen) atoms. The average Bonchev–Trinajstić information content (AvgIpc) is 2.06. The largest absolute Gasteiger partial charge is 0.544 e. The van der Waals surface area contributed by atoms with E-state index in [0.717, 1.165) is 17.5 Å². The fraction of sp³-hybridized carbons (Fsp3) is 0.455. The SMILES string of the molecule is C[Si](C)(C)Oc1ccc(CCBr)cc1. The lowest BCUT2D eigenvalue weighted by atomic mass is 10.2. The summed E-state index contributed by atoms with van der Waals surface area (Å²) < 4.78 is 5.86. The van der Waals surface area contributed by atoms with Gasteiger partial charge in [-0.15, -0.1) is 0 Å². The molecule has 0 saturated carbocycles. The lowest BCUT2D eigenvalue weighted by Gasteiger charge is -2.19. The van der Waals surface area contributed by atoms with Gasteiger partial charge in [-0.25, -0.2) is 0 Å². The molecule has 0 unspecified atom stereocenters. The summed E-state index contributed by atoms with van der Waals surface area (Å²) >= 11 is 3.43. The van der Waals surface area contributed by atoms with Crippen molar-refractivity contribution in [2.45, 2.75) is 26.1 Å². The third-order valence-corrected chi connectivity index (χ3v) is 2.98. The molecule has 78 valence electrons. The fourth-order valence-electron chi connectivity index (χ4n) is 1.19. The van der Waals surface area contributed by atoms with Crippen molar-refractivity contribution in [3.8, 4) is 5.75 Å². The maximum Gasteiger partial charge on any atom is 0.242 e. The Hall–Kier alpha value is -0.283. The van der Waals surface area contributed by atoms with Crippen LogP contribution in [0.3, 0.4) is 0 Å². The van der Waals surface area contributed by atoms with Crippen LogP contribution < -0.4 is 4.43 Å². The highest BCUT2D eigenvalue weighted by Crippen LogP contribution is 2.17. The minimum Gasteiger partial charge on any atom is -0.544 e. The molecule has 0 radical (unpaired) electrons. The van der Waals surface area contributed by atoms with E-state index in [9.17, 15) is 0 Å². The zero-order chi connectivity index (χ0) is 10.6. The number of benzene rings is 1. The number of hydrogen-bond donors (Lipinski definition) is 0. The van der Waals surface area contributed by atoms with Crippen molar-refractivity contribution in [3.63, 3.8) is 0 Å². The van der Waals surface area contributed by atoms with Gasteiger partial charge in [-0.05, 0) is 43.8 Å². The lowest BCUT2D eigenvalue weighted by Crippen LogP contribution is -2.29. The third-order valence-electron chi connectivity index (χ3n) is 1.73. The first-order chi connectivity index (χ1) is 6.51. The van der Waals surface area contributed by atoms with Crippen LogP contribution >= 0.6 is 15.9 Å². The van der Waals surface area contributed by atoms with Crippen LogP contribution in [0.1, 0.15) is 5.56 Å². The Labute approximate surface area is 95.7 Å². The summed E-state index contributed by atoms with van der Waals surface area (Å²) in [5.74, 6) is 1.00. The van der Waals surface area contributed by atoms with Crippen molar-refractivity contribution in [2.24, 2.45) is 0 Å². The van der Waals surface area contributed by atoms with Gasteiger partial charge in [-0.1, -0.05) is 28.1 Å². The van der Waals surface area contributed by atoms with E-state index in [1.165, 1.54) is 5.56 Å². The Balaban J connectivity index is 2.64. The van der Waals surface area contributed by atoms with Crippen LogP contribution in [-0.2, 0) is 6.42 Å². The quantitative estimate of drug-likeness (QED) is 0.598. The molecule has 0 aliphatic heterocycles. The minimum atomic E-state index is -1.44. The zero-order valence-corrected chi connectivity index (χ0v) is 11.6. The van der Waals surface area contributed by atoms with E-state index in [1.54, 1.807) is 0 Å². The van der Waals surface area contributed by atoms with Gasteiger partial charge >= 0.3 is 0 Å². The zero-order valence-electron chi connectivity index (χ0n) is 9.01. The van der Waals surface area contributed by atoms with Crippen molar-refractivity contribution in [2.75, 3.05) is 5.33 Å². The Morgan fingerprint density at radius 2 is 1.71 bits per heavy atom. The molecule has 0 spiro atoms. The predicted octanol–water partition coefficient (Wildman–Crippen LogP) is 3.84. The molecule has 0 fully saturated rings. The molecule has 3 heteroatoms. The standard InChI is InChI=1S/C11H17BrOSi/c1-14(2,3)13-11-6-4-10(5-7-11)8-9-12/h4-7H,8-9H2,1-3H3. The summed E-state index contributed by atoms with van der Waals surface area (Å²) in [5.41, 5.74) is 1.35. The molecule has 0 aromatic heterocycles. The van der Waals surface area contributed by atoms with E-state index in [1.807, 2.05) is 0 Å². The van der Waals surface area contributed by atoms with Gasteiger partial charge in [0, 0.05) is 5.33 Å². The maximum absolute atomic E-state index is 5.86. The first-order valence-electron chi connectivity index (χ1n) is 4.85.